The van der Waals surface area contributed by atoms with E-state index >= 15 is 0 Å². The molecule has 1 aliphatic rings. The van der Waals surface area contributed by atoms with Gasteiger partial charge in [0.25, 0.3) is 0 Å². The molecule has 1 heterocycles. The molecule has 108 valence electrons. The summed E-state index contributed by atoms with van der Waals surface area (Å²) in [5, 5.41) is 2.69. The third-order valence-electron chi connectivity index (χ3n) is 3.57. The Balaban J connectivity index is 2.19. The fourth-order valence-electron chi connectivity index (χ4n) is 2.55. The lowest BCUT2D eigenvalue weighted by molar-refractivity contribution is -0.127. The van der Waals surface area contributed by atoms with Gasteiger partial charge in [-0.05, 0) is 25.7 Å². The molecule has 3 N–H and O–H groups in total. The zero-order valence-corrected chi connectivity index (χ0v) is 12.6. The van der Waals surface area contributed by atoms with Crippen molar-refractivity contribution in [1.29, 1.82) is 0 Å². The topological polar surface area (TPSA) is 90.1 Å². The molecule has 2 rings (SSSR count). The van der Waals surface area contributed by atoms with Gasteiger partial charge in [-0.15, -0.1) is 0 Å². The number of hydrogen-bond donors (Lipinski definition) is 2. The van der Waals surface area contributed by atoms with Crippen LogP contribution in [0.15, 0.2) is 6.07 Å². The van der Waals surface area contributed by atoms with Gasteiger partial charge in [-0.25, -0.2) is 4.98 Å². The molecular weight excluding hydrogens is 276 g/mol. The summed E-state index contributed by atoms with van der Waals surface area (Å²) in [6.07, 6.45) is 1.33. The van der Waals surface area contributed by atoms with E-state index in [0.29, 0.717) is 30.3 Å². The Hall–Kier alpha value is -1.76. The van der Waals surface area contributed by atoms with Crippen LogP contribution in [-0.4, -0.2) is 28.0 Å². The van der Waals surface area contributed by atoms with E-state index in [0.717, 1.165) is 0 Å². The Morgan fingerprint density at radius 2 is 2.20 bits per heavy atom. The minimum atomic E-state index is -0.769. The maximum Gasteiger partial charge on any atom is 0.239 e. The lowest BCUT2D eigenvalue weighted by Gasteiger charge is -2.43. The van der Waals surface area contributed by atoms with Crippen molar-refractivity contribution in [2.75, 3.05) is 12.4 Å². The fourth-order valence-corrected chi connectivity index (χ4v) is 2.81. The summed E-state index contributed by atoms with van der Waals surface area (Å²) in [5.74, 6) is 0.812. The molecule has 1 amide bonds. The van der Waals surface area contributed by atoms with Crippen molar-refractivity contribution in [3.63, 3.8) is 0 Å². The van der Waals surface area contributed by atoms with E-state index in [4.69, 9.17) is 22.7 Å². The molecule has 1 saturated carbocycles. The maximum atomic E-state index is 12.4. The minimum Gasteiger partial charge on any atom is -0.481 e. The van der Waals surface area contributed by atoms with E-state index in [-0.39, 0.29) is 16.8 Å². The number of nitrogens with zero attached hydrogens (tertiary/aromatic N) is 2. The molecular formula is C13H18N4O2S. The van der Waals surface area contributed by atoms with Gasteiger partial charge in [0.1, 0.15) is 0 Å². The lowest BCUT2D eigenvalue weighted by atomic mass is 9.62. The number of nitrogens with one attached hydrogen (secondary N) is 1. The van der Waals surface area contributed by atoms with Crippen molar-refractivity contribution in [3.05, 3.63) is 11.8 Å². The number of thiocarbonyl (C=S) groups is 1. The second-order valence-electron chi connectivity index (χ2n) is 5.29. The number of ether oxygens (including phenoxy) is 1. The van der Waals surface area contributed by atoms with Crippen molar-refractivity contribution in [2.24, 2.45) is 17.1 Å². The predicted octanol–water partition coefficient (Wildman–Crippen LogP) is 1.43. The van der Waals surface area contributed by atoms with Gasteiger partial charge in [0.05, 0.1) is 17.5 Å². The first kappa shape index (κ1) is 14.6. The van der Waals surface area contributed by atoms with E-state index in [2.05, 4.69) is 22.2 Å². The number of rotatable bonds is 4. The lowest BCUT2D eigenvalue weighted by Crippen LogP contribution is -2.54. The highest BCUT2D eigenvalue weighted by atomic mass is 32.1. The van der Waals surface area contributed by atoms with Crippen LogP contribution in [0, 0.1) is 18.3 Å². The average Bonchev–Trinajstić information content (AvgIpc) is 2.33. The Bertz CT molecular complexity index is 555. The second kappa shape index (κ2) is 5.32. The SMILES string of the molecule is COc1cc(C)nc(NC(=O)C2(C(N)=S)CC(C)C2)n1. The summed E-state index contributed by atoms with van der Waals surface area (Å²) in [5.41, 5.74) is 5.68. The zero-order chi connectivity index (χ0) is 14.9. The Morgan fingerprint density at radius 3 is 2.70 bits per heavy atom. The van der Waals surface area contributed by atoms with Gasteiger partial charge >= 0.3 is 0 Å². The molecule has 1 aromatic heterocycles. The fraction of sp³-hybridized carbons (Fsp3) is 0.538. The highest BCUT2D eigenvalue weighted by molar-refractivity contribution is 7.80. The van der Waals surface area contributed by atoms with Gasteiger partial charge in [0, 0.05) is 11.8 Å². The van der Waals surface area contributed by atoms with Crippen LogP contribution in [0.25, 0.3) is 0 Å². The van der Waals surface area contributed by atoms with Crippen molar-refractivity contribution in [3.8, 4) is 5.88 Å². The number of methoxy groups -OCH3 is 1. The van der Waals surface area contributed by atoms with Crippen LogP contribution in [-0.2, 0) is 4.79 Å². The van der Waals surface area contributed by atoms with Crippen LogP contribution in [0.4, 0.5) is 5.95 Å². The highest BCUT2D eigenvalue weighted by Crippen LogP contribution is 2.46. The first-order chi connectivity index (χ1) is 9.37. The van der Waals surface area contributed by atoms with Crippen molar-refractivity contribution >= 4 is 29.1 Å². The molecule has 1 aromatic rings. The summed E-state index contributed by atoms with van der Waals surface area (Å²) in [6, 6.07) is 1.68. The molecule has 0 radical (unpaired) electrons. The number of aryl methyl sites for hydroxylation is 1. The Kier molecular flexibility index (Phi) is 3.89. The summed E-state index contributed by atoms with van der Waals surface area (Å²) >= 11 is 5.05. The van der Waals surface area contributed by atoms with Crippen LogP contribution in [0.1, 0.15) is 25.5 Å². The molecule has 0 spiro atoms. The number of amides is 1. The van der Waals surface area contributed by atoms with Gasteiger partial charge in [0.15, 0.2) is 0 Å². The molecule has 0 bridgehead atoms. The predicted molar refractivity (Wildman–Crippen MR) is 79.6 cm³/mol. The van der Waals surface area contributed by atoms with E-state index in [1.54, 1.807) is 13.0 Å². The van der Waals surface area contributed by atoms with Crippen molar-refractivity contribution < 1.29 is 9.53 Å². The van der Waals surface area contributed by atoms with E-state index in [1.165, 1.54) is 7.11 Å². The maximum absolute atomic E-state index is 12.4. The van der Waals surface area contributed by atoms with Crippen LogP contribution in [0.5, 0.6) is 5.88 Å². The normalized spacial score (nSPS) is 24.6. The molecule has 0 saturated heterocycles. The average molecular weight is 294 g/mol. The van der Waals surface area contributed by atoms with Gasteiger partial charge < -0.3 is 10.5 Å². The molecule has 0 aliphatic heterocycles. The van der Waals surface area contributed by atoms with Gasteiger partial charge in [-0.1, -0.05) is 19.1 Å². The van der Waals surface area contributed by atoms with E-state index < -0.39 is 5.41 Å². The standard InChI is InChI=1S/C13H18N4O2S/c1-7-5-13(6-7,10(14)20)11(18)17-12-15-8(2)4-9(16-12)19-3/h4,7H,5-6H2,1-3H3,(H2,14,20)(H,15,16,17,18). The highest BCUT2D eigenvalue weighted by Gasteiger charge is 2.51. The smallest absolute Gasteiger partial charge is 0.239 e. The van der Waals surface area contributed by atoms with Crippen LogP contribution in [0.3, 0.4) is 0 Å². The van der Waals surface area contributed by atoms with E-state index in [9.17, 15) is 4.79 Å². The third-order valence-corrected chi connectivity index (χ3v) is 3.96. The van der Waals surface area contributed by atoms with Gasteiger partial charge in [-0.3, -0.25) is 10.1 Å². The second-order valence-corrected chi connectivity index (χ2v) is 5.73. The third kappa shape index (κ3) is 2.58. The Morgan fingerprint density at radius 1 is 1.55 bits per heavy atom. The van der Waals surface area contributed by atoms with Gasteiger partial charge in [0.2, 0.25) is 17.7 Å². The number of carbonyl (C=O) groups excluding carboxylic acids is 1. The monoisotopic (exact) mass is 294 g/mol. The number of anilines is 1. The first-order valence-corrected chi connectivity index (χ1v) is 6.79. The quantitative estimate of drug-likeness (QED) is 0.817. The van der Waals surface area contributed by atoms with Crippen LogP contribution in [0.2, 0.25) is 0 Å². The molecule has 20 heavy (non-hydrogen) atoms. The number of nitrogens with two attached hydrogens (primary N) is 1. The summed E-state index contributed by atoms with van der Waals surface area (Å²) in [7, 11) is 1.51. The summed E-state index contributed by atoms with van der Waals surface area (Å²) in [4.78, 5) is 20.9. The van der Waals surface area contributed by atoms with E-state index in [1.807, 2.05) is 0 Å². The summed E-state index contributed by atoms with van der Waals surface area (Å²) < 4.78 is 5.05. The number of carbonyl (C=O) groups is 1. The molecule has 0 atom stereocenters. The molecule has 0 aromatic carbocycles. The zero-order valence-electron chi connectivity index (χ0n) is 11.8. The number of aromatic nitrogens is 2. The van der Waals surface area contributed by atoms with Crippen molar-refractivity contribution in [1.82, 2.24) is 9.97 Å². The van der Waals surface area contributed by atoms with Crippen LogP contribution >= 0.6 is 12.2 Å². The molecule has 6 nitrogen and oxygen atoms in total. The molecule has 7 heteroatoms. The molecule has 0 unspecified atom stereocenters. The number of hydrogen-bond acceptors (Lipinski definition) is 5. The summed E-state index contributed by atoms with van der Waals surface area (Å²) in [6.45, 7) is 3.87. The first-order valence-electron chi connectivity index (χ1n) is 6.38. The molecule has 1 aliphatic carbocycles. The minimum absolute atomic E-state index is 0.210. The van der Waals surface area contributed by atoms with Crippen molar-refractivity contribution in [2.45, 2.75) is 26.7 Å². The molecule has 1 fully saturated rings. The Labute approximate surface area is 123 Å². The van der Waals surface area contributed by atoms with Crippen LogP contribution < -0.4 is 15.8 Å². The largest absolute Gasteiger partial charge is 0.481 e. The van der Waals surface area contributed by atoms with Gasteiger partial charge in [-0.2, -0.15) is 4.98 Å².